The van der Waals surface area contributed by atoms with Gasteiger partial charge in [-0.25, -0.2) is 4.98 Å². The molecule has 4 heteroatoms. The molecule has 1 aromatic heterocycles. The molecular formula is C18H21N3O. The summed E-state index contributed by atoms with van der Waals surface area (Å²) in [6, 6.07) is 11.8. The molecule has 1 atom stereocenters. The topological polar surface area (TPSA) is 45.2 Å². The lowest BCUT2D eigenvalue weighted by molar-refractivity contribution is 0.0735. The fraction of sp³-hybridized carbons (Fsp3) is 0.333. The van der Waals surface area contributed by atoms with Crippen molar-refractivity contribution >= 4 is 11.7 Å². The molecule has 2 aromatic rings. The van der Waals surface area contributed by atoms with Crippen molar-refractivity contribution in [2.75, 3.05) is 18.9 Å². The van der Waals surface area contributed by atoms with Gasteiger partial charge in [-0.3, -0.25) is 4.79 Å². The smallest absolute Gasteiger partial charge is 0.254 e. The maximum absolute atomic E-state index is 12.7. The highest BCUT2D eigenvalue weighted by atomic mass is 16.2. The van der Waals surface area contributed by atoms with Gasteiger partial charge in [0.1, 0.15) is 5.82 Å². The average molecular weight is 295 g/mol. The van der Waals surface area contributed by atoms with E-state index in [0.717, 1.165) is 41.9 Å². The molecule has 3 rings (SSSR count). The van der Waals surface area contributed by atoms with Gasteiger partial charge in [-0.1, -0.05) is 18.2 Å². The number of hydrogen-bond acceptors (Lipinski definition) is 3. The second-order valence-corrected chi connectivity index (χ2v) is 5.71. The van der Waals surface area contributed by atoms with Crippen molar-refractivity contribution in [2.24, 2.45) is 0 Å². The zero-order valence-corrected chi connectivity index (χ0v) is 13.0. The molecule has 0 radical (unpaired) electrons. The molecule has 0 aliphatic carbocycles. The van der Waals surface area contributed by atoms with E-state index < -0.39 is 0 Å². The van der Waals surface area contributed by atoms with E-state index in [2.05, 4.69) is 16.4 Å². The van der Waals surface area contributed by atoms with E-state index in [1.54, 1.807) is 0 Å². The Morgan fingerprint density at radius 3 is 2.77 bits per heavy atom. The molecule has 0 spiro atoms. The first-order chi connectivity index (χ1) is 10.7. The molecule has 1 aliphatic rings. The molecule has 1 aliphatic heterocycles. The van der Waals surface area contributed by atoms with Crippen LogP contribution in [0.4, 0.5) is 5.82 Å². The minimum Gasteiger partial charge on any atom is -0.373 e. The van der Waals surface area contributed by atoms with E-state index in [0.29, 0.717) is 0 Å². The number of rotatable bonds is 3. The molecule has 22 heavy (non-hydrogen) atoms. The molecule has 1 aromatic carbocycles. The third kappa shape index (κ3) is 2.69. The second-order valence-electron chi connectivity index (χ2n) is 5.71. The summed E-state index contributed by atoms with van der Waals surface area (Å²) in [5.41, 5.74) is 2.99. The van der Waals surface area contributed by atoms with E-state index >= 15 is 0 Å². The summed E-state index contributed by atoms with van der Waals surface area (Å²) in [6.45, 7) is 2.85. The van der Waals surface area contributed by atoms with Crippen LogP contribution < -0.4 is 5.32 Å². The van der Waals surface area contributed by atoms with Gasteiger partial charge in [0.2, 0.25) is 0 Å². The van der Waals surface area contributed by atoms with Crippen LogP contribution in [0.2, 0.25) is 0 Å². The second kappa shape index (κ2) is 6.18. The van der Waals surface area contributed by atoms with Gasteiger partial charge in [0, 0.05) is 25.4 Å². The number of benzene rings is 1. The largest absolute Gasteiger partial charge is 0.373 e. The van der Waals surface area contributed by atoms with Gasteiger partial charge in [-0.05, 0) is 49.1 Å². The van der Waals surface area contributed by atoms with E-state index in [-0.39, 0.29) is 11.9 Å². The number of likely N-dealkylation sites (tertiary alicyclic amines) is 1. The lowest BCUT2D eigenvalue weighted by Gasteiger charge is -2.25. The Bertz CT molecular complexity index is 669. The fourth-order valence-electron chi connectivity index (χ4n) is 3.14. The van der Waals surface area contributed by atoms with Gasteiger partial charge in [0.05, 0.1) is 6.04 Å². The number of anilines is 1. The third-order valence-corrected chi connectivity index (χ3v) is 4.26. The number of amides is 1. The zero-order valence-electron chi connectivity index (χ0n) is 13.0. The zero-order chi connectivity index (χ0) is 15.5. The van der Waals surface area contributed by atoms with E-state index in [1.807, 2.05) is 55.4 Å². The lowest BCUT2D eigenvalue weighted by atomic mass is 10.0. The summed E-state index contributed by atoms with van der Waals surface area (Å²) in [6.07, 6.45) is 3.93. The van der Waals surface area contributed by atoms with Crippen LogP contribution in [-0.4, -0.2) is 29.4 Å². The molecule has 0 bridgehead atoms. The van der Waals surface area contributed by atoms with Crippen LogP contribution in [0.1, 0.15) is 40.4 Å². The molecule has 1 fully saturated rings. The van der Waals surface area contributed by atoms with Crippen molar-refractivity contribution in [1.82, 2.24) is 9.88 Å². The van der Waals surface area contributed by atoms with Gasteiger partial charge < -0.3 is 10.2 Å². The SMILES string of the molecule is CNc1ncc([C@H]2CCCN2C(=O)c2ccccc2)cc1C. The first-order valence-electron chi connectivity index (χ1n) is 7.71. The highest BCUT2D eigenvalue weighted by Gasteiger charge is 2.30. The Hall–Kier alpha value is -2.36. The summed E-state index contributed by atoms with van der Waals surface area (Å²) < 4.78 is 0. The Labute approximate surface area is 131 Å². The van der Waals surface area contributed by atoms with Crippen molar-refractivity contribution in [3.63, 3.8) is 0 Å². The first kappa shape index (κ1) is 14.6. The summed E-state index contributed by atoms with van der Waals surface area (Å²) in [4.78, 5) is 19.2. The van der Waals surface area contributed by atoms with Crippen LogP contribution in [0.15, 0.2) is 42.6 Å². The van der Waals surface area contributed by atoms with Crippen LogP contribution in [0, 0.1) is 6.92 Å². The molecular weight excluding hydrogens is 274 g/mol. The number of nitrogens with zero attached hydrogens (tertiary/aromatic N) is 2. The molecule has 2 heterocycles. The maximum Gasteiger partial charge on any atom is 0.254 e. The van der Waals surface area contributed by atoms with Crippen molar-refractivity contribution < 1.29 is 4.79 Å². The Morgan fingerprint density at radius 2 is 2.09 bits per heavy atom. The number of nitrogens with one attached hydrogen (secondary N) is 1. The van der Waals surface area contributed by atoms with Crippen LogP contribution >= 0.6 is 0 Å². The lowest BCUT2D eigenvalue weighted by Crippen LogP contribution is -2.30. The summed E-state index contributed by atoms with van der Waals surface area (Å²) >= 11 is 0. The van der Waals surface area contributed by atoms with Crippen LogP contribution in [0.25, 0.3) is 0 Å². The van der Waals surface area contributed by atoms with Gasteiger partial charge in [0.15, 0.2) is 0 Å². The Kier molecular flexibility index (Phi) is 4.09. The Morgan fingerprint density at radius 1 is 1.32 bits per heavy atom. The van der Waals surface area contributed by atoms with Gasteiger partial charge in [-0.15, -0.1) is 0 Å². The normalized spacial score (nSPS) is 17.5. The number of carbonyl (C=O) groups excluding carboxylic acids is 1. The molecule has 114 valence electrons. The predicted octanol–water partition coefficient (Wildman–Crippen LogP) is 3.41. The van der Waals surface area contributed by atoms with Crippen molar-refractivity contribution in [2.45, 2.75) is 25.8 Å². The molecule has 1 saturated heterocycles. The van der Waals surface area contributed by atoms with E-state index in [4.69, 9.17) is 0 Å². The first-order valence-corrected chi connectivity index (χ1v) is 7.71. The van der Waals surface area contributed by atoms with E-state index in [1.165, 1.54) is 0 Å². The van der Waals surface area contributed by atoms with Crippen LogP contribution in [0.5, 0.6) is 0 Å². The van der Waals surface area contributed by atoms with Crippen LogP contribution in [0.3, 0.4) is 0 Å². The predicted molar refractivity (Wildman–Crippen MR) is 88.0 cm³/mol. The summed E-state index contributed by atoms with van der Waals surface area (Å²) in [5, 5.41) is 3.08. The maximum atomic E-state index is 12.7. The number of hydrogen-bond donors (Lipinski definition) is 1. The third-order valence-electron chi connectivity index (χ3n) is 4.26. The molecule has 0 unspecified atom stereocenters. The van der Waals surface area contributed by atoms with Crippen LogP contribution in [-0.2, 0) is 0 Å². The minimum absolute atomic E-state index is 0.110. The number of aromatic nitrogens is 1. The highest BCUT2D eigenvalue weighted by molar-refractivity contribution is 5.94. The number of carbonyl (C=O) groups is 1. The standard InChI is InChI=1S/C18H21N3O/c1-13-11-15(12-20-17(13)19-2)16-9-6-10-21(16)18(22)14-7-4-3-5-8-14/h3-5,7-8,11-12,16H,6,9-10H2,1-2H3,(H,19,20)/t16-/m1/s1. The highest BCUT2D eigenvalue weighted by Crippen LogP contribution is 2.33. The monoisotopic (exact) mass is 295 g/mol. The van der Waals surface area contributed by atoms with Gasteiger partial charge in [-0.2, -0.15) is 0 Å². The number of pyridine rings is 1. The quantitative estimate of drug-likeness (QED) is 0.944. The van der Waals surface area contributed by atoms with Crippen molar-refractivity contribution in [3.05, 3.63) is 59.3 Å². The molecule has 1 N–H and O–H groups in total. The van der Waals surface area contributed by atoms with E-state index in [9.17, 15) is 4.79 Å². The molecule has 4 nitrogen and oxygen atoms in total. The average Bonchev–Trinajstić information content (AvgIpc) is 3.04. The summed E-state index contributed by atoms with van der Waals surface area (Å²) in [5.74, 6) is 1.00. The van der Waals surface area contributed by atoms with Gasteiger partial charge in [0.25, 0.3) is 5.91 Å². The fourth-order valence-corrected chi connectivity index (χ4v) is 3.14. The van der Waals surface area contributed by atoms with Crippen molar-refractivity contribution in [3.8, 4) is 0 Å². The Balaban J connectivity index is 1.87. The van der Waals surface area contributed by atoms with Crippen molar-refractivity contribution in [1.29, 1.82) is 0 Å². The molecule has 0 saturated carbocycles. The summed E-state index contributed by atoms with van der Waals surface area (Å²) in [7, 11) is 1.87. The van der Waals surface area contributed by atoms with Gasteiger partial charge >= 0.3 is 0 Å². The minimum atomic E-state index is 0.110. The number of aryl methyl sites for hydroxylation is 1. The molecule has 1 amide bonds.